The molecule has 2 amide bonds. The van der Waals surface area contributed by atoms with E-state index in [1.165, 1.54) is 11.8 Å². The van der Waals surface area contributed by atoms with Crippen molar-refractivity contribution in [3.63, 3.8) is 0 Å². The Bertz CT molecular complexity index is 1250. The Labute approximate surface area is 205 Å². The highest BCUT2D eigenvalue weighted by Gasteiger charge is 2.31. The summed E-state index contributed by atoms with van der Waals surface area (Å²) in [6, 6.07) is 8.44. The number of piperidine rings is 1. The second kappa shape index (κ2) is 9.40. The van der Waals surface area contributed by atoms with Crippen LogP contribution in [0.15, 0.2) is 49.3 Å². The van der Waals surface area contributed by atoms with Crippen LogP contribution < -0.4 is 5.32 Å². The number of likely N-dealkylation sites (tertiary alicyclic amines) is 1. The SMILES string of the molecule is C=CC(=O)N1CCC(n2nc(Nc3ccc(-c4cnn(C)c4)cc3)c3c2CCN(C(C)=O)C3)CC1. The van der Waals surface area contributed by atoms with Gasteiger partial charge in [0.15, 0.2) is 5.82 Å². The Balaban J connectivity index is 1.40. The molecule has 2 aliphatic rings. The van der Waals surface area contributed by atoms with E-state index in [-0.39, 0.29) is 17.9 Å². The van der Waals surface area contributed by atoms with Crippen LogP contribution in [0.5, 0.6) is 0 Å². The number of benzene rings is 1. The van der Waals surface area contributed by atoms with E-state index in [0.717, 1.165) is 47.5 Å². The van der Waals surface area contributed by atoms with Crippen LogP contribution in [-0.4, -0.2) is 60.8 Å². The lowest BCUT2D eigenvalue weighted by atomic mass is 10.0. The Morgan fingerprint density at radius 3 is 2.46 bits per heavy atom. The molecular formula is C26H31N7O2. The summed E-state index contributed by atoms with van der Waals surface area (Å²) in [5.74, 6) is 0.858. The van der Waals surface area contributed by atoms with Crippen molar-refractivity contribution in [3.8, 4) is 11.1 Å². The van der Waals surface area contributed by atoms with Gasteiger partial charge in [0.2, 0.25) is 11.8 Å². The van der Waals surface area contributed by atoms with Crippen LogP contribution in [0.4, 0.5) is 11.5 Å². The Hall–Kier alpha value is -3.88. The third-order valence-corrected chi connectivity index (χ3v) is 7.01. The van der Waals surface area contributed by atoms with Crippen molar-refractivity contribution >= 4 is 23.3 Å². The fourth-order valence-electron chi connectivity index (χ4n) is 5.03. The first-order chi connectivity index (χ1) is 16.9. The normalized spacial score (nSPS) is 16.2. The molecule has 0 bridgehead atoms. The predicted octanol–water partition coefficient (Wildman–Crippen LogP) is 3.28. The van der Waals surface area contributed by atoms with Crippen molar-refractivity contribution < 1.29 is 9.59 Å². The zero-order valence-electron chi connectivity index (χ0n) is 20.3. The Kier molecular flexibility index (Phi) is 6.15. The molecule has 1 aromatic carbocycles. The van der Waals surface area contributed by atoms with Crippen LogP contribution >= 0.6 is 0 Å². The zero-order chi connectivity index (χ0) is 24.5. The van der Waals surface area contributed by atoms with E-state index >= 15 is 0 Å². The number of anilines is 2. The molecule has 1 fully saturated rings. The minimum atomic E-state index is -0.0138. The van der Waals surface area contributed by atoms with Crippen LogP contribution in [0.2, 0.25) is 0 Å². The monoisotopic (exact) mass is 473 g/mol. The van der Waals surface area contributed by atoms with Crippen molar-refractivity contribution in [3.05, 3.63) is 60.6 Å². The number of nitrogens with one attached hydrogen (secondary N) is 1. The molecule has 0 aliphatic carbocycles. The predicted molar refractivity (Wildman–Crippen MR) is 134 cm³/mol. The molecule has 4 heterocycles. The fraction of sp³-hybridized carbons (Fsp3) is 0.385. The van der Waals surface area contributed by atoms with Crippen LogP contribution in [0, 0.1) is 0 Å². The van der Waals surface area contributed by atoms with Crippen molar-refractivity contribution in [1.82, 2.24) is 29.4 Å². The zero-order valence-corrected chi connectivity index (χ0v) is 20.3. The maximum atomic E-state index is 12.1. The highest BCUT2D eigenvalue weighted by Crippen LogP contribution is 2.34. The molecule has 182 valence electrons. The molecule has 2 aromatic heterocycles. The van der Waals surface area contributed by atoms with Gasteiger partial charge in [-0.1, -0.05) is 18.7 Å². The minimum Gasteiger partial charge on any atom is -0.339 e. The van der Waals surface area contributed by atoms with Crippen molar-refractivity contribution in [1.29, 1.82) is 0 Å². The first kappa shape index (κ1) is 22.9. The number of nitrogens with zero attached hydrogens (tertiary/aromatic N) is 6. The summed E-state index contributed by atoms with van der Waals surface area (Å²) in [7, 11) is 1.91. The first-order valence-corrected chi connectivity index (χ1v) is 12.1. The van der Waals surface area contributed by atoms with E-state index in [9.17, 15) is 9.59 Å². The molecule has 5 rings (SSSR count). The van der Waals surface area contributed by atoms with Gasteiger partial charge < -0.3 is 15.1 Å². The number of amides is 2. The van der Waals surface area contributed by atoms with Crippen LogP contribution in [0.1, 0.15) is 37.1 Å². The number of hydrogen-bond donors (Lipinski definition) is 1. The quantitative estimate of drug-likeness (QED) is 0.575. The van der Waals surface area contributed by atoms with Gasteiger partial charge >= 0.3 is 0 Å². The van der Waals surface area contributed by atoms with E-state index in [1.807, 2.05) is 41.4 Å². The van der Waals surface area contributed by atoms with E-state index in [1.54, 1.807) is 11.6 Å². The van der Waals surface area contributed by atoms with Gasteiger partial charge in [-0.2, -0.15) is 10.2 Å². The summed E-state index contributed by atoms with van der Waals surface area (Å²) in [4.78, 5) is 27.8. The second-order valence-electron chi connectivity index (χ2n) is 9.27. The smallest absolute Gasteiger partial charge is 0.245 e. The molecule has 1 N–H and O–H groups in total. The average molecular weight is 474 g/mol. The maximum absolute atomic E-state index is 12.1. The minimum absolute atomic E-state index is 0.0138. The van der Waals surface area contributed by atoms with Crippen molar-refractivity contribution in [2.75, 3.05) is 25.0 Å². The first-order valence-electron chi connectivity index (χ1n) is 12.1. The topological polar surface area (TPSA) is 88.3 Å². The molecule has 0 radical (unpaired) electrons. The molecule has 0 spiro atoms. The summed E-state index contributed by atoms with van der Waals surface area (Å²) < 4.78 is 3.94. The molecule has 9 nitrogen and oxygen atoms in total. The number of aromatic nitrogens is 4. The van der Waals surface area contributed by atoms with Gasteiger partial charge in [-0.15, -0.1) is 0 Å². The van der Waals surface area contributed by atoms with Crippen molar-refractivity contribution in [2.45, 2.75) is 38.8 Å². The molecule has 9 heteroatoms. The van der Waals surface area contributed by atoms with E-state index in [0.29, 0.717) is 26.2 Å². The molecule has 1 saturated heterocycles. The summed E-state index contributed by atoms with van der Waals surface area (Å²) in [6.45, 7) is 7.86. The standard InChI is InChI=1S/C26H31N7O2/c1-4-25(35)31-12-9-22(10-13-31)33-24-11-14-32(18(2)34)17-23(24)26(29-33)28-21-7-5-19(6-8-21)20-15-27-30(3)16-20/h4-8,15-16,22H,1,9-14,17H2,2-3H3,(H,28,29). The van der Waals surface area contributed by atoms with Gasteiger partial charge in [0.05, 0.1) is 18.8 Å². The number of rotatable bonds is 5. The Morgan fingerprint density at radius 2 is 1.83 bits per heavy atom. The van der Waals surface area contributed by atoms with Gasteiger partial charge in [-0.05, 0) is 36.6 Å². The molecule has 0 atom stereocenters. The number of carbonyl (C=O) groups excluding carboxylic acids is 2. The highest BCUT2D eigenvalue weighted by atomic mass is 16.2. The van der Waals surface area contributed by atoms with E-state index in [2.05, 4.69) is 33.8 Å². The highest BCUT2D eigenvalue weighted by molar-refractivity contribution is 5.87. The lowest BCUT2D eigenvalue weighted by Gasteiger charge is -2.33. The molecule has 0 saturated carbocycles. The maximum Gasteiger partial charge on any atom is 0.245 e. The third kappa shape index (κ3) is 4.58. The third-order valence-electron chi connectivity index (χ3n) is 7.01. The Morgan fingerprint density at radius 1 is 1.09 bits per heavy atom. The lowest BCUT2D eigenvalue weighted by molar-refractivity contribution is -0.129. The van der Waals surface area contributed by atoms with Gasteiger partial charge in [-0.3, -0.25) is 19.0 Å². The van der Waals surface area contributed by atoms with Crippen LogP contribution in [0.3, 0.4) is 0 Å². The molecule has 3 aromatic rings. The fourth-order valence-corrected chi connectivity index (χ4v) is 5.03. The van der Waals surface area contributed by atoms with Crippen LogP contribution in [-0.2, 0) is 29.6 Å². The summed E-state index contributed by atoms with van der Waals surface area (Å²) in [6.07, 6.45) is 7.70. The number of carbonyl (C=O) groups is 2. The van der Waals surface area contributed by atoms with E-state index < -0.39 is 0 Å². The summed E-state index contributed by atoms with van der Waals surface area (Å²) in [5, 5.41) is 12.8. The largest absolute Gasteiger partial charge is 0.339 e. The average Bonchev–Trinajstić information content (AvgIpc) is 3.47. The molecular weight excluding hydrogens is 442 g/mol. The van der Waals surface area contributed by atoms with Crippen molar-refractivity contribution in [2.24, 2.45) is 7.05 Å². The second-order valence-corrected chi connectivity index (χ2v) is 9.27. The molecule has 0 unspecified atom stereocenters. The lowest BCUT2D eigenvalue weighted by Crippen LogP contribution is -2.39. The number of hydrogen-bond acceptors (Lipinski definition) is 5. The van der Waals surface area contributed by atoms with Crippen LogP contribution in [0.25, 0.3) is 11.1 Å². The molecule has 2 aliphatic heterocycles. The number of fused-ring (bicyclic) bond motifs is 1. The van der Waals surface area contributed by atoms with Gasteiger partial charge in [0.1, 0.15) is 0 Å². The molecule has 35 heavy (non-hydrogen) atoms. The summed E-state index contributed by atoms with van der Waals surface area (Å²) >= 11 is 0. The van der Waals surface area contributed by atoms with Gasteiger partial charge in [0.25, 0.3) is 0 Å². The van der Waals surface area contributed by atoms with Gasteiger partial charge in [-0.25, -0.2) is 0 Å². The number of aryl methyl sites for hydroxylation is 1. The summed E-state index contributed by atoms with van der Waals surface area (Å²) in [5.41, 5.74) is 5.37. The van der Waals surface area contributed by atoms with E-state index in [4.69, 9.17) is 5.10 Å². The van der Waals surface area contributed by atoms with Gasteiger partial charge in [0, 0.05) is 68.7 Å².